The van der Waals surface area contributed by atoms with Gasteiger partial charge in [-0.1, -0.05) is 12.1 Å². The van der Waals surface area contributed by atoms with Crippen molar-refractivity contribution in [1.29, 1.82) is 0 Å². The number of amides is 1. The van der Waals surface area contributed by atoms with Gasteiger partial charge in [0.1, 0.15) is 0 Å². The first-order valence-electron chi connectivity index (χ1n) is 5.33. The van der Waals surface area contributed by atoms with Crippen LogP contribution in [0.3, 0.4) is 0 Å². The topological polar surface area (TPSA) is 90.0 Å². The van der Waals surface area contributed by atoms with Gasteiger partial charge >= 0.3 is 0 Å². The second-order valence-corrected chi connectivity index (χ2v) is 3.69. The van der Waals surface area contributed by atoms with Crippen LogP contribution < -0.4 is 16.8 Å². The lowest BCUT2D eigenvalue weighted by Crippen LogP contribution is -2.29. The Kier molecular flexibility index (Phi) is 3.49. The molecule has 0 bridgehead atoms. The molecule has 3 N–H and O–H groups in total. The second kappa shape index (κ2) is 5.24. The Morgan fingerprint density at radius 2 is 2.00 bits per heavy atom. The van der Waals surface area contributed by atoms with Crippen LogP contribution in [-0.4, -0.2) is 15.7 Å². The van der Waals surface area contributed by atoms with E-state index in [9.17, 15) is 9.59 Å². The molecule has 2 aromatic rings. The normalized spacial score (nSPS) is 10.1. The highest BCUT2D eigenvalue weighted by molar-refractivity contribution is 5.93. The highest BCUT2D eigenvalue weighted by Gasteiger charge is 2.03. The molecule has 1 aromatic heterocycles. The van der Waals surface area contributed by atoms with E-state index in [0.717, 1.165) is 5.56 Å². The third-order valence-electron chi connectivity index (χ3n) is 2.46. The zero-order valence-corrected chi connectivity index (χ0v) is 9.54. The lowest BCUT2D eigenvalue weighted by atomic mass is 10.1. The Bertz CT molecular complexity index is 604. The molecule has 0 aliphatic heterocycles. The van der Waals surface area contributed by atoms with E-state index in [-0.39, 0.29) is 11.5 Å². The van der Waals surface area contributed by atoms with Crippen LogP contribution in [0.2, 0.25) is 0 Å². The molecule has 1 aromatic carbocycles. The van der Waals surface area contributed by atoms with E-state index in [1.165, 1.54) is 10.7 Å². The number of hydrazine groups is 1. The molecular formula is C12H12N4O2. The molecule has 1 amide bonds. The van der Waals surface area contributed by atoms with E-state index in [2.05, 4.69) is 10.5 Å². The molecule has 0 atom stereocenters. The van der Waals surface area contributed by atoms with Gasteiger partial charge in [0.15, 0.2) is 0 Å². The molecule has 1 heterocycles. The molecule has 6 heteroatoms. The van der Waals surface area contributed by atoms with Gasteiger partial charge in [-0.05, 0) is 23.8 Å². The summed E-state index contributed by atoms with van der Waals surface area (Å²) in [5.41, 5.74) is 3.23. The summed E-state index contributed by atoms with van der Waals surface area (Å²) in [6.45, 7) is 0.365. The van der Waals surface area contributed by atoms with Crippen molar-refractivity contribution in [3.63, 3.8) is 0 Å². The second-order valence-electron chi connectivity index (χ2n) is 3.69. The highest BCUT2D eigenvalue weighted by atomic mass is 16.2. The smallest absolute Gasteiger partial charge is 0.267 e. The zero-order chi connectivity index (χ0) is 13.0. The molecule has 0 aliphatic rings. The van der Waals surface area contributed by atoms with E-state index in [0.29, 0.717) is 12.1 Å². The quantitative estimate of drug-likeness (QED) is 0.448. The zero-order valence-electron chi connectivity index (χ0n) is 9.54. The van der Waals surface area contributed by atoms with Crippen molar-refractivity contribution in [3.05, 3.63) is 64.1 Å². The van der Waals surface area contributed by atoms with Gasteiger partial charge in [0.2, 0.25) is 0 Å². The van der Waals surface area contributed by atoms with Gasteiger partial charge in [0.05, 0.1) is 6.54 Å². The first kappa shape index (κ1) is 12.0. The maximum atomic E-state index is 11.5. The molecule has 2 rings (SSSR count). The monoisotopic (exact) mass is 244 g/mol. The van der Waals surface area contributed by atoms with Crippen molar-refractivity contribution in [1.82, 2.24) is 15.2 Å². The van der Waals surface area contributed by atoms with Gasteiger partial charge in [-0.15, -0.1) is 0 Å². The van der Waals surface area contributed by atoms with Gasteiger partial charge in [-0.3, -0.25) is 15.0 Å². The number of benzene rings is 1. The van der Waals surface area contributed by atoms with Crippen LogP contribution in [0.5, 0.6) is 0 Å². The predicted octanol–water partition coefficient (Wildman–Crippen LogP) is -0.105. The van der Waals surface area contributed by atoms with Gasteiger partial charge in [-0.2, -0.15) is 5.10 Å². The Morgan fingerprint density at radius 1 is 1.28 bits per heavy atom. The summed E-state index contributed by atoms with van der Waals surface area (Å²) in [6.07, 6.45) is 1.55. The van der Waals surface area contributed by atoms with Crippen LogP contribution in [0.4, 0.5) is 0 Å². The number of nitrogens with two attached hydrogens (primary N) is 1. The number of nitrogen functional groups attached to an aromatic ring is 1. The number of aromatic nitrogens is 2. The van der Waals surface area contributed by atoms with Crippen LogP contribution in [0.15, 0.2) is 47.4 Å². The fourth-order valence-corrected chi connectivity index (χ4v) is 1.52. The fraction of sp³-hybridized carbons (Fsp3) is 0.0833. The fourth-order valence-electron chi connectivity index (χ4n) is 1.52. The lowest BCUT2D eigenvalue weighted by Gasteiger charge is -2.05. The summed E-state index contributed by atoms with van der Waals surface area (Å²) in [7, 11) is 0. The minimum Gasteiger partial charge on any atom is -0.290 e. The van der Waals surface area contributed by atoms with Crippen molar-refractivity contribution < 1.29 is 4.79 Å². The van der Waals surface area contributed by atoms with E-state index >= 15 is 0 Å². The third-order valence-corrected chi connectivity index (χ3v) is 2.46. The average molecular weight is 244 g/mol. The van der Waals surface area contributed by atoms with Crippen LogP contribution in [0.25, 0.3) is 0 Å². The molecule has 6 nitrogen and oxygen atoms in total. The molecule has 0 saturated heterocycles. The van der Waals surface area contributed by atoms with E-state index in [1.807, 2.05) is 0 Å². The predicted molar refractivity (Wildman–Crippen MR) is 65.7 cm³/mol. The molecule has 0 radical (unpaired) electrons. The van der Waals surface area contributed by atoms with Gasteiger partial charge in [-0.25, -0.2) is 10.5 Å². The van der Waals surface area contributed by atoms with Crippen molar-refractivity contribution in [2.24, 2.45) is 5.84 Å². The molecule has 0 unspecified atom stereocenters. The maximum Gasteiger partial charge on any atom is 0.267 e. The molecule has 0 aliphatic carbocycles. The van der Waals surface area contributed by atoms with Gasteiger partial charge < -0.3 is 0 Å². The SMILES string of the molecule is NNC(=O)c1ccc(Cn2ncccc2=O)cc1. The third kappa shape index (κ3) is 2.61. The molecule has 92 valence electrons. The minimum absolute atomic E-state index is 0.165. The van der Waals surface area contributed by atoms with Crippen molar-refractivity contribution in [2.45, 2.75) is 6.54 Å². The summed E-state index contributed by atoms with van der Waals surface area (Å²) in [4.78, 5) is 22.7. The first-order chi connectivity index (χ1) is 8.70. The van der Waals surface area contributed by atoms with Gasteiger partial charge in [0.25, 0.3) is 11.5 Å². The number of rotatable bonds is 3. The number of nitrogens with one attached hydrogen (secondary N) is 1. The Labute approximate surface area is 103 Å². The maximum absolute atomic E-state index is 11.5. The van der Waals surface area contributed by atoms with E-state index < -0.39 is 0 Å². The Balaban J connectivity index is 2.19. The molecule has 18 heavy (non-hydrogen) atoms. The van der Waals surface area contributed by atoms with E-state index in [1.54, 1.807) is 36.5 Å². The number of carbonyl (C=O) groups excluding carboxylic acids is 1. The number of hydrogen-bond donors (Lipinski definition) is 2. The van der Waals surface area contributed by atoms with Crippen LogP contribution >= 0.6 is 0 Å². The van der Waals surface area contributed by atoms with Crippen LogP contribution in [0.1, 0.15) is 15.9 Å². The summed E-state index contributed by atoms with van der Waals surface area (Å²) in [5, 5.41) is 3.95. The lowest BCUT2D eigenvalue weighted by molar-refractivity contribution is 0.0953. The molecule has 0 spiro atoms. The standard InChI is InChI=1S/C12H12N4O2/c13-15-12(18)10-5-3-9(4-6-10)8-16-11(17)2-1-7-14-16/h1-7H,8,13H2,(H,15,18). The molecular weight excluding hydrogens is 232 g/mol. The Hall–Kier alpha value is -2.47. The van der Waals surface area contributed by atoms with Gasteiger partial charge in [0, 0.05) is 17.8 Å². The minimum atomic E-state index is -0.350. The number of nitrogens with zero attached hydrogens (tertiary/aromatic N) is 2. The van der Waals surface area contributed by atoms with Crippen LogP contribution in [0, 0.1) is 0 Å². The van der Waals surface area contributed by atoms with Crippen molar-refractivity contribution >= 4 is 5.91 Å². The summed E-state index contributed by atoms with van der Waals surface area (Å²) >= 11 is 0. The highest BCUT2D eigenvalue weighted by Crippen LogP contribution is 2.04. The number of hydrogen-bond acceptors (Lipinski definition) is 4. The molecule has 0 fully saturated rings. The van der Waals surface area contributed by atoms with E-state index in [4.69, 9.17) is 5.84 Å². The first-order valence-corrected chi connectivity index (χ1v) is 5.33. The Morgan fingerprint density at radius 3 is 2.61 bits per heavy atom. The van der Waals surface area contributed by atoms with Crippen molar-refractivity contribution in [3.8, 4) is 0 Å². The average Bonchev–Trinajstić information content (AvgIpc) is 2.41. The molecule has 0 saturated carbocycles. The largest absolute Gasteiger partial charge is 0.290 e. The summed E-state index contributed by atoms with van der Waals surface area (Å²) in [5.74, 6) is 4.68. The van der Waals surface area contributed by atoms with Crippen LogP contribution in [-0.2, 0) is 6.54 Å². The summed E-state index contributed by atoms with van der Waals surface area (Å²) in [6, 6.07) is 9.84. The number of carbonyl (C=O) groups is 1. The summed E-state index contributed by atoms with van der Waals surface area (Å²) < 4.78 is 1.35. The van der Waals surface area contributed by atoms with Crippen molar-refractivity contribution in [2.75, 3.05) is 0 Å².